The van der Waals surface area contributed by atoms with Crippen molar-refractivity contribution in [3.05, 3.63) is 82.7 Å². The number of fused-ring (bicyclic) bond motifs is 2. The number of thiazole rings is 1. The van der Waals surface area contributed by atoms with Gasteiger partial charge in [-0.15, -0.1) is 0 Å². The molecule has 0 atom stereocenters. The molecule has 1 aromatic heterocycles. The van der Waals surface area contributed by atoms with Crippen molar-refractivity contribution < 1.29 is 27.5 Å². The number of benzene rings is 3. The van der Waals surface area contributed by atoms with Gasteiger partial charge in [0.15, 0.2) is 4.80 Å². The van der Waals surface area contributed by atoms with Crippen LogP contribution in [0.4, 0.5) is 5.69 Å². The standard InChI is InChI=1S/C27H25N3O6S2/c1-3-36-22-9-6-10-23-25(22)29(17-24(31)35-2)27(37-23)28-26(32)19-11-13-20(14-12-19)38(33,34)30-16-15-18-7-4-5-8-21(18)30/h4-14H,3,15-17H2,1-2H3. The Labute approximate surface area is 223 Å². The van der Waals surface area contributed by atoms with E-state index in [4.69, 9.17) is 9.47 Å². The molecular formula is C27H25N3O6S2. The predicted molar refractivity (Wildman–Crippen MR) is 144 cm³/mol. The van der Waals surface area contributed by atoms with Crippen LogP contribution in [0.25, 0.3) is 10.2 Å². The van der Waals surface area contributed by atoms with Crippen LogP contribution in [0.1, 0.15) is 22.8 Å². The van der Waals surface area contributed by atoms with Gasteiger partial charge in [-0.1, -0.05) is 35.6 Å². The van der Waals surface area contributed by atoms with Crippen LogP contribution in [0, 0.1) is 0 Å². The molecule has 196 valence electrons. The number of hydrogen-bond acceptors (Lipinski definition) is 7. The molecule has 1 amide bonds. The molecule has 0 bridgehead atoms. The van der Waals surface area contributed by atoms with Gasteiger partial charge in [-0.3, -0.25) is 13.9 Å². The Hall–Kier alpha value is -3.96. The van der Waals surface area contributed by atoms with E-state index < -0.39 is 21.9 Å². The highest BCUT2D eigenvalue weighted by Crippen LogP contribution is 2.33. The maximum absolute atomic E-state index is 13.3. The number of sulfonamides is 1. The molecule has 0 unspecified atom stereocenters. The van der Waals surface area contributed by atoms with Gasteiger partial charge in [0.25, 0.3) is 15.9 Å². The number of para-hydroxylation sites is 2. The summed E-state index contributed by atoms with van der Waals surface area (Å²) >= 11 is 1.24. The number of aromatic nitrogens is 1. The molecule has 38 heavy (non-hydrogen) atoms. The van der Waals surface area contributed by atoms with Gasteiger partial charge in [0, 0.05) is 12.1 Å². The van der Waals surface area contributed by atoms with E-state index in [0.717, 1.165) is 10.3 Å². The number of carbonyl (C=O) groups excluding carboxylic acids is 2. The molecule has 9 nitrogen and oxygen atoms in total. The zero-order valence-electron chi connectivity index (χ0n) is 20.8. The second-order valence-corrected chi connectivity index (χ2v) is 11.4. The summed E-state index contributed by atoms with van der Waals surface area (Å²) in [6.07, 6.45) is 0.649. The first-order valence-corrected chi connectivity index (χ1v) is 14.2. The van der Waals surface area contributed by atoms with Crippen molar-refractivity contribution in [3.8, 4) is 5.75 Å². The first-order valence-electron chi connectivity index (χ1n) is 11.9. The van der Waals surface area contributed by atoms with E-state index >= 15 is 0 Å². The summed E-state index contributed by atoms with van der Waals surface area (Å²) < 4.78 is 40.9. The minimum atomic E-state index is -3.78. The number of ether oxygens (including phenoxy) is 2. The number of anilines is 1. The molecule has 0 fully saturated rings. The topological polar surface area (TPSA) is 107 Å². The molecule has 0 saturated carbocycles. The summed E-state index contributed by atoms with van der Waals surface area (Å²) in [6, 6.07) is 18.6. The van der Waals surface area contributed by atoms with Crippen molar-refractivity contribution in [1.82, 2.24) is 4.57 Å². The third-order valence-electron chi connectivity index (χ3n) is 6.21. The van der Waals surface area contributed by atoms with Crippen molar-refractivity contribution in [1.29, 1.82) is 0 Å². The zero-order valence-corrected chi connectivity index (χ0v) is 22.4. The van der Waals surface area contributed by atoms with Crippen LogP contribution in [0.2, 0.25) is 0 Å². The lowest BCUT2D eigenvalue weighted by atomic mass is 10.2. The predicted octanol–water partition coefficient (Wildman–Crippen LogP) is 3.77. The van der Waals surface area contributed by atoms with Gasteiger partial charge < -0.3 is 14.0 Å². The van der Waals surface area contributed by atoms with Crippen LogP contribution in [-0.4, -0.2) is 45.1 Å². The number of hydrogen-bond donors (Lipinski definition) is 0. The maximum atomic E-state index is 13.3. The van der Waals surface area contributed by atoms with Crippen LogP contribution < -0.4 is 13.8 Å². The van der Waals surface area contributed by atoms with Gasteiger partial charge in [0.1, 0.15) is 17.8 Å². The molecule has 11 heteroatoms. The normalized spacial score (nSPS) is 13.5. The Morgan fingerprint density at radius 1 is 1.03 bits per heavy atom. The Kier molecular flexibility index (Phi) is 7.04. The Morgan fingerprint density at radius 3 is 2.53 bits per heavy atom. The van der Waals surface area contributed by atoms with Crippen molar-refractivity contribution in [2.24, 2.45) is 4.99 Å². The average molecular weight is 552 g/mol. The van der Waals surface area contributed by atoms with Crippen molar-refractivity contribution >= 4 is 49.1 Å². The van der Waals surface area contributed by atoms with Gasteiger partial charge in [-0.2, -0.15) is 4.99 Å². The maximum Gasteiger partial charge on any atom is 0.325 e. The molecule has 1 aliphatic rings. The van der Waals surface area contributed by atoms with Crippen LogP contribution in [0.3, 0.4) is 0 Å². The van der Waals surface area contributed by atoms with Gasteiger partial charge >= 0.3 is 5.97 Å². The molecule has 2 heterocycles. The van der Waals surface area contributed by atoms with Crippen LogP contribution in [0.5, 0.6) is 5.75 Å². The molecule has 1 aliphatic heterocycles. The average Bonchev–Trinajstić information content (AvgIpc) is 3.51. The summed E-state index contributed by atoms with van der Waals surface area (Å²) in [5.74, 6) is -0.497. The molecule has 0 N–H and O–H groups in total. The molecule has 4 aromatic rings. The highest BCUT2D eigenvalue weighted by atomic mass is 32.2. The van der Waals surface area contributed by atoms with Crippen LogP contribution in [-0.2, 0) is 32.5 Å². The number of rotatable bonds is 7. The summed E-state index contributed by atoms with van der Waals surface area (Å²) in [7, 11) is -2.49. The minimum Gasteiger partial charge on any atom is -0.492 e. The van der Waals surface area contributed by atoms with Crippen LogP contribution >= 0.6 is 11.3 Å². The van der Waals surface area contributed by atoms with E-state index in [1.165, 1.54) is 47.0 Å². The first-order chi connectivity index (χ1) is 18.3. The van der Waals surface area contributed by atoms with Gasteiger partial charge in [-0.25, -0.2) is 8.42 Å². The fourth-order valence-corrected chi connectivity index (χ4v) is 6.95. The second-order valence-electron chi connectivity index (χ2n) is 8.48. The smallest absolute Gasteiger partial charge is 0.325 e. The second kappa shape index (κ2) is 10.4. The Morgan fingerprint density at radius 2 is 1.79 bits per heavy atom. The molecule has 0 saturated heterocycles. The van der Waals surface area contributed by atoms with Gasteiger partial charge in [0.05, 0.1) is 29.0 Å². The zero-order chi connectivity index (χ0) is 26.9. The number of nitrogens with zero attached hydrogens (tertiary/aromatic N) is 3. The van der Waals surface area contributed by atoms with Crippen molar-refractivity contribution in [3.63, 3.8) is 0 Å². The molecule has 3 aromatic carbocycles. The van der Waals surface area contributed by atoms with Crippen molar-refractivity contribution in [2.45, 2.75) is 24.8 Å². The highest BCUT2D eigenvalue weighted by Gasteiger charge is 2.30. The molecule has 0 aliphatic carbocycles. The fraction of sp³-hybridized carbons (Fsp3) is 0.222. The quantitative estimate of drug-likeness (QED) is 0.324. The molecule has 0 spiro atoms. The summed E-state index contributed by atoms with van der Waals surface area (Å²) in [5.41, 5.74) is 2.52. The van der Waals surface area contributed by atoms with E-state index in [1.807, 2.05) is 37.3 Å². The van der Waals surface area contributed by atoms with Gasteiger partial charge in [-0.05, 0) is 61.4 Å². The lowest BCUT2D eigenvalue weighted by Crippen LogP contribution is -2.29. The monoisotopic (exact) mass is 551 g/mol. The van der Waals surface area contributed by atoms with E-state index in [0.29, 0.717) is 41.3 Å². The molecular weight excluding hydrogens is 526 g/mol. The summed E-state index contributed by atoms with van der Waals surface area (Å²) in [4.78, 5) is 29.9. The number of amides is 1. The van der Waals surface area contributed by atoms with E-state index in [2.05, 4.69) is 4.99 Å². The highest BCUT2D eigenvalue weighted by molar-refractivity contribution is 7.92. The van der Waals surface area contributed by atoms with Crippen LogP contribution in [0.15, 0.2) is 76.6 Å². The number of methoxy groups -OCH3 is 1. The summed E-state index contributed by atoms with van der Waals surface area (Å²) in [5, 5.41) is 0. The number of esters is 1. The Balaban J connectivity index is 1.49. The van der Waals surface area contributed by atoms with E-state index in [-0.39, 0.29) is 17.0 Å². The fourth-order valence-electron chi connectivity index (χ4n) is 4.40. The minimum absolute atomic E-state index is 0.0923. The first kappa shape index (κ1) is 25.7. The van der Waals surface area contributed by atoms with Gasteiger partial charge in [0.2, 0.25) is 0 Å². The lowest BCUT2D eigenvalue weighted by Gasteiger charge is -2.19. The largest absolute Gasteiger partial charge is 0.492 e. The SMILES string of the molecule is CCOc1cccc2sc(=NC(=O)c3ccc(S(=O)(=O)N4CCc5ccccc54)cc3)n(CC(=O)OC)c12. The lowest BCUT2D eigenvalue weighted by molar-refractivity contribution is -0.141. The third-order valence-corrected chi connectivity index (χ3v) is 9.08. The summed E-state index contributed by atoms with van der Waals surface area (Å²) in [6.45, 7) is 2.50. The molecule has 5 rings (SSSR count). The number of carbonyl (C=O) groups is 2. The van der Waals surface area contributed by atoms with E-state index in [9.17, 15) is 18.0 Å². The third kappa shape index (κ3) is 4.70. The molecule has 0 radical (unpaired) electrons. The van der Waals surface area contributed by atoms with E-state index in [1.54, 1.807) is 16.7 Å². The Bertz CT molecular complexity index is 1700. The van der Waals surface area contributed by atoms with Crippen molar-refractivity contribution in [2.75, 3.05) is 24.6 Å².